The van der Waals surface area contributed by atoms with Crippen LogP contribution in [0.3, 0.4) is 0 Å². The van der Waals surface area contributed by atoms with Gasteiger partial charge in [0.1, 0.15) is 12.1 Å². The fraction of sp³-hybridized carbons (Fsp3) is 0.941. The number of aliphatic hydroxyl groups excluding tert-OH is 2. The summed E-state index contributed by atoms with van der Waals surface area (Å²) in [6, 6.07) is 0. The number of rotatable bonds is 31. The van der Waals surface area contributed by atoms with E-state index in [1.54, 1.807) is 0 Å². The number of carbonyl (C=O) groups is 2. The van der Waals surface area contributed by atoms with Gasteiger partial charge in [-0.3, -0.25) is 9.59 Å². The molecule has 0 aromatic carbocycles. The number of esters is 1. The van der Waals surface area contributed by atoms with Gasteiger partial charge in [-0.2, -0.15) is 0 Å². The van der Waals surface area contributed by atoms with Crippen molar-refractivity contribution in [2.24, 2.45) is 0 Å². The molecule has 0 saturated heterocycles. The Hall–Kier alpha value is -1.14. The van der Waals surface area contributed by atoms with Crippen molar-refractivity contribution in [3.63, 3.8) is 0 Å². The van der Waals surface area contributed by atoms with Crippen molar-refractivity contribution < 1.29 is 24.5 Å². The Morgan fingerprint density at radius 3 is 1.20 bits per heavy atom. The summed E-state index contributed by atoms with van der Waals surface area (Å²) < 4.78 is 5.33. The summed E-state index contributed by atoms with van der Waals surface area (Å²) >= 11 is 0. The number of amides is 1. The lowest BCUT2D eigenvalue weighted by atomic mass is 10.0. The molecule has 0 atom stereocenters. The molecule has 6 heteroatoms. The first-order valence-electron chi connectivity index (χ1n) is 17.2. The molecule has 6 nitrogen and oxygen atoms in total. The zero-order chi connectivity index (χ0) is 29.6. The molecule has 0 saturated carbocycles. The molecule has 0 unspecified atom stereocenters. The average molecular weight is 570 g/mol. The summed E-state index contributed by atoms with van der Waals surface area (Å²) in [5, 5.41) is 22.4. The number of unbranched alkanes of at least 4 members (excludes halogenated alkanes) is 22. The van der Waals surface area contributed by atoms with E-state index in [1.165, 1.54) is 116 Å². The third-order valence-electron chi connectivity index (χ3n) is 8.01. The molecule has 0 aromatic rings. The minimum absolute atomic E-state index is 0.207. The van der Waals surface area contributed by atoms with Gasteiger partial charge >= 0.3 is 5.97 Å². The Morgan fingerprint density at radius 1 is 0.525 bits per heavy atom. The molecule has 238 valence electrons. The molecular weight excluding hydrogens is 502 g/mol. The topological polar surface area (TPSA) is 95.9 Å². The van der Waals surface area contributed by atoms with Crippen LogP contribution in [0.15, 0.2) is 0 Å². The normalized spacial score (nSPS) is 11.6. The first-order valence-corrected chi connectivity index (χ1v) is 17.2. The monoisotopic (exact) mass is 570 g/mol. The van der Waals surface area contributed by atoms with Crippen LogP contribution in [0, 0.1) is 0 Å². The predicted octanol–water partition coefficient (Wildman–Crippen LogP) is 8.55. The number of hydrogen-bond acceptors (Lipinski definition) is 5. The van der Waals surface area contributed by atoms with Gasteiger partial charge in [-0.25, -0.2) is 0 Å². The molecule has 0 fully saturated rings. The fourth-order valence-corrected chi connectivity index (χ4v) is 5.14. The zero-order valence-corrected chi connectivity index (χ0v) is 26.6. The van der Waals surface area contributed by atoms with Gasteiger partial charge in [-0.05, 0) is 12.8 Å². The maximum Gasteiger partial charge on any atom is 0.305 e. The van der Waals surface area contributed by atoms with Crippen molar-refractivity contribution in [3.8, 4) is 0 Å². The quantitative estimate of drug-likeness (QED) is 0.0574. The van der Waals surface area contributed by atoms with Gasteiger partial charge in [0.25, 0.3) is 0 Å². The summed E-state index contributed by atoms with van der Waals surface area (Å²) in [6.45, 7) is 3.33. The number of carbonyl (C=O) groups excluding carboxylic acids is 2. The molecule has 40 heavy (non-hydrogen) atoms. The first kappa shape index (κ1) is 38.9. The van der Waals surface area contributed by atoms with Gasteiger partial charge in [-0.1, -0.05) is 155 Å². The Morgan fingerprint density at radius 2 is 0.850 bits per heavy atom. The SMILES string of the molecule is CCCCCCCCCCCCCCCCCC(=O)OCC(CO)(CO)NC(=O)CCCCCCCCCCC. The Bertz CT molecular complexity index is 565. The van der Waals surface area contributed by atoms with Crippen molar-refractivity contribution >= 4 is 11.9 Å². The van der Waals surface area contributed by atoms with Gasteiger partial charge in [0.15, 0.2) is 0 Å². The number of aliphatic hydroxyl groups is 2. The largest absolute Gasteiger partial charge is 0.463 e. The van der Waals surface area contributed by atoms with Crippen molar-refractivity contribution in [2.45, 2.75) is 186 Å². The second-order valence-electron chi connectivity index (χ2n) is 12.1. The van der Waals surface area contributed by atoms with Crippen LogP contribution in [0.4, 0.5) is 0 Å². The maximum atomic E-state index is 12.4. The average Bonchev–Trinajstić information content (AvgIpc) is 2.96. The van der Waals surface area contributed by atoms with Crippen LogP contribution >= 0.6 is 0 Å². The molecular formula is C34H67NO5. The molecule has 0 heterocycles. The molecule has 0 aromatic heterocycles. The number of ether oxygens (including phenoxy) is 1. The van der Waals surface area contributed by atoms with Crippen LogP contribution in [-0.2, 0) is 14.3 Å². The smallest absolute Gasteiger partial charge is 0.305 e. The lowest BCUT2D eigenvalue weighted by Gasteiger charge is -2.30. The van der Waals surface area contributed by atoms with Crippen LogP contribution in [0.1, 0.15) is 181 Å². The van der Waals surface area contributed by atoms with E-state index in [9.17, 15) is 19.8 Å². The van der Waals surface area contributed by atoms with E-state index in [2.05, 4.69) is 19.2 Å². The molecule has 0 bridgehead atoms. The molecule has 0 radical (unpaired) electrons. The molecule has 0 spiro atoms. The Balaban J connectivity index is 3.79. The van der Waals surface area contributed by atoms with Crippen molar-refractivity contribution in [3.05, 3.63) is 0 Å². The molecule has 1 amide bonds. The van der Waals surface area contributed by atoms with Crippen LogP contribution in [-0.4, -0.2) is 47.4 Å². The number of hydrogen-bond donors (Lipinski definition) is 3. The fourth-order valence-electron chi connectivity index (χ4n) is 5.14. The lowest BCUT2D eigenvalue weighted by Crippen LogP contribution is -2.57. The van der Waals surface area contributed by atoms with E-state index in [1.807, 2.05) is 0 Å². The van der Waals surface area contributed by atoms with Crippen LogP contribution in [0.2, 0.25) is 0 Å². The summed E-state index contributed by atoms with van der Waals surface area (Å²) in [7, 11) is 0. The van der Waals surface area contributed by atoms with Crippen LogP contribution < -0.4 is 5.32 Å². The summed E-state index contributed by atoms with van der Waals surface area (Å²) in [4.78, 5) is 24.6. The minimum atomic E-state index is -1.32. The van der Waals surface area contributed by atoms with Gasteiger partial charge in [0, 0.05) is 12.8 Å². The minimum Gasteiger partial charge on any atom is -0.463 e. The standard InChI is InChI=1S/C34H67NO5/c1-3-5-7-9-11-13-14-15-16-17-18-20-22-24-26-28-33(39)40-31-34(29-36,30-37)35-32(38)27-25-23-21-19-12-10-8-6-4-2/h36-37H,3-31H2,1-2H3,(H,35,38). The molecule has 0 aliphatic carbocycles. The molecule has 0 aliphatic heterocycles. The zero-order valence-electron chi connectivity index (χ0n) is 26.6. The van der Waals surface area contributed by atoms with E-state index in [0.29, 0.717) is 12.8 Å². The Kier molecular flexibility index (Phi) is 28.5. The lowest BCUT2D eigenvalue weighted by molar-refractivity contribution is -0.149. The highest BCUT2D eigenvalue weighted by molar-refractivity contribution is 5.77. The van der Waals surface area contributed by atoms with Crippen molar-refractivity contribution in [1.82, 2.24) is 5.32 Å². The van der Waals surface area contributed by atoms with E-state index < -0.39 is 18.8 Å². The second-order valence-corrected chi connectivity index (χ2v) is 12.1. The van der Waals surface area contributed by atoms with Crippen LogP contribution in [0.5, 0.6) is 0 Å². The number of nitrogens with one attached hydrogen (secondary N) is 1. The Labute approximate surface area is 247 Å². The van der Waals surface area contributed by atoms with Crippen molar-refractivity contribution in [1.29, 1.82) is 0 Å². The highest BCUT2D eigenvalue weighted by Gasteiger charge is 2.32. The van der Waals surface area contributed by atoms with Gasteiger partial charge in [0.2, 0.25) is 5.91 Å². The second kappa shape index (κ2) is 29.4. The third kappa shape index (κ3) is 24.6. The summed E-state index contributed by atoms with van der Waals surface area (Å²) in [5.74, 6) is -0.557. The predicted molar refractivity (Wildman–Crippen MR) is 167 cm³/mol. The van der Waals surface area contributed by atoms with Crippen LogP contribution in [0.25, 0.3) is 0 Å². The first-order chi connectivity index (χ1) is 19.5. The highest BCUT2D eigenvalue weighted by atomic mass is 16.5. The molecule has 0 rings (SSSR count). The van der Waals surface area contributed by atoms with Gasteiger partial charge in [-0.15, -0.1) is 0 Å². The van der Waals surface area contributed by atoms with Gasteiger partial charge in [0.05, 0.1) is 13.2 Å². The highest BCUT2D eigenvalue weighted by Crippen LogP contribution is 2.15. The van der Waals surface area contributed by atoms with E-state index in [-0.39, 0.29) is 18.5 Å². The summed E-state index contributed by atoms with van der Waals surface area (Å²) in [6.07, 6.45) is 30.4. The van der Waals surface area contributed by atoms with Gasteiger partial charge < -0.3 is 20.3 Å². The van der Waals surface area contributed by atoms with E-state index in [0.717, 1.165) is 38.5 Å². The van der Waals surface area contributed by atoms with Crippen molar-refractivity contribution in [2.75, 3.05) is 19.8 Å². The molecule has 0 aliphatic rings. The van der Waals surface area contributed by atoms with E-state index in [4.69, 9.17) is 4.74 Å². The maximum absolute atomic E-state index is 12.4. The summed E-state index contributed by atoms with van der Waals surface area (Å²) in [5.41, 5.74) is -1.32. The molecule has 3 N–H and O–H groups in total. The van der Waals surface area contributed by atoms with E-state index >= 15 is 0 Å². The third-order valence-corrected chi connectivity index (χ3v) is 8.01.